The number of ether oxygens (including phenoxy) is 2. The maximum Gasteiger partial charge on any atom is 0.494 e. The molecule has 0 bridgehead atoms. The van der Waals surface area contributed by atoms with Crippen LogP contribution in [0.3, 0.4) is 0 Å². The second kappa shape index (κ2) is 7.75. The van der Waals surface area contributed by atoms with Crippen molar-refractivity contribution in [3.63, 3.8) is 0 Å². The van der Waals surface area contributed by atoms with Gasteiger partial charge in [-0.25, -0.2) is 9.18 Å². The number of hydrogen-bond donors (Lipinski definition) is 0. The normalized spacial score (nSPS) is 26.9. The third-order valence-electron chi connectivity index (χ3n) is 6.22. The van der Waals surface area contributed by atoms with Crippen molar-refractivity contribution in [2.45, 2.75) is 97.0 Å². The molecule has 172 valence electrons. The fourth-order valence-corrected chi connectivity index (χ4v) is 3.91. The Morgan fingerprint density at radius 3 is 2.03 bits per heavy atom. The van der Waals surface area contributed by atoms with Gasteiger partial charge < -0.3 is 18.8 Å². The summed E-state index contributed by atoms with van der Waals surface area (Å²) in [4.78, 5) is 14.2. The van der Waals surface area contributed by atoms with E-state index in [0.717, 1.165) is 11.0 Å². The summed E-state index contributed by atoms with van der Waals surface area (Å²) in [5.74, 6) is 0. The van der Waals surface area contributed by atoms with Gasteiger partial charge >= 0.3 is 13.2 Å². The van der Waals surface area contributed by atoms with Crippen LogP contribution in [0.15, 0.2) is 24.3 Å². The lowest BCUT2D eigenvalue weighted by atomic mass is 9.78. The third kappa shape index (κ3) is 4.61. The van der Waals surface area contributed by atoms with Gasteiger partial charge in [0, 0.05) is 0 Å². The SMILES string of the molecule is CC(C)(C)OC(=O)N1[C@H](CF)[C@@H](c2ccc(B3OC(C)(C)C(C)(C)O3)cc2)OC1(C)C. The number of carbonyl (C=O) groups excluding carboxylic acids is 1. The van der Waals surface area contributed by atoms with Gasteiger partial charge in [-0.15, -0.1) is 0 Å². The monoisotopic (exact) mass is 435 g/mol. The lowest BCUT2D eigenvalue weighted by Gasteiger charge is -2.34. The Morgan fingerprint density at radius 1 is 1.06 bits per heavy atom. The average molecular weight is 435 g/mol. The molecule has 2 saturated heterocycles. The van der Waals surface area contributed by atoms with Crippen LogP contribution < -0.4 is 5.46 Å². The fourth-order valence-electron chi connectivity index (χ4n) is 3.91. The van der Waals surface area contributed by atoms with E-state index >= 15 is 0 Å². The second-order valence-electron chi connectivity index (χ2n) is 10.8. The molecule has 0 saturated carbocycles. The van der Waals surface area contributed by atoms with Crippen LogP contribution in [0.2, 0.25) is 0 Å². The molecule has 0 aliphatic carbocycles. The molecular weight excluding hydrogens is 400 g/mol. The van der Waals surface area contributed by atoms with Crippen LogP contribution in [0.25, 0.3) is 0 Å². The molecule has 0 aromatic heterocycles. The van der Waals surface area contributed by atoms with Crippen molar-refractivity contribution in [2.24, 2.45) is 0 Å². The molecule has 2 heterocycles. The van der Waals surface area contributed by atoms with Crippen molar-refractivity contribution in [3.05, 3.63) is 29.8 Å². The van der Waals surface area contributed by atoms with Crippen molar-refractivity contribution in [2.75, 3.05) is 6.67 Å². The maximum absolute atomic E-state index is 14.1. The van der Waals surface area contributed by atoms with Crippen LogP contribution in [0.4, 0.5) is 9.18 Å². The summed E-state index contributed by atoms with van der Waals surface area (Å²) in [5.41, 5.74) is -0.891. The summed E-state index contributed by atoms with van der Waals surface area (Å²) in [6.45, 7) is 16.1. The van der Waals surface area contributed by atoms with Crippen molar-refractivity contribution < 1.29 is 28.0 Å². The first-order chi connectivity index (χ1) is 14.1. The van der Waals surface area contributed by atoms with Gasteiger partial charge in [-0.2, -0.15) is 0 Å². The molecule has 2 fully saturated rings. The summed E-state index contributed by atoms with van der Waals surface area (Å²) in [5, 5.41) is 0. The molecule has 6 nitrogen and oxygen atoms in total. The molecule has 1 aromatic carbocycles. The fraction of sp³-hybridized carbons (Fsp3) is 0.696. The van der Waals surface area contributed by atoms with Crippen LogP contribution >= 0.6 is 0 Å². The second-order valence-corrected chi connectivity index (χ2v) is 10.8. The summed E-state index contributed by atoms with van der Waals surface area (Å²) in [6, 6.07) is 6.77. The first kappa shape index (κ1) is 24.0. The number of rotatable bonds is 3. The Labute approximate surface area is 185 Å². The number of nitrogens with zero attached hydrogens (tertiary/aromatic N) is 1. The number of halogens is 1. The Kier molecular flexibility index (Phi) is 6.00. The molecule has 2 aliphatic rings. The number of benzene rings is 1. The Morgan fingerprint density at radius 2 is 1.58 bits per heavy atom. The Balaban J connectivity index is 1.82. The van der Waals surface area contributed by atoms with E-state index in [9.17, 15) is 9.18 Å². The smallest absolute Gasteiger partial charge is 0.444 e. The van der Waals surface area contributed by atoms with Gasteiger partial charge in [0.1, 0.15) is 24.1 Å². The highest BCUT2D eigenvalue weighted by atomic mass is 19.1. The van der Waals surface area contributed by atoms with Gasteiger partial charge in [0.15, 0.2) is 0 Å². The predicted molar refractivity (Wildman–Crippen MR) is 118 cm³/mol. The highest BCUT2D eigenvalue weighted by Crippen LogP contribution is 2.42. The van der Waals surface area contributed by atoms with E-state index in [1.54, 1.807) is 34.6 Å². The minimum Gasteiger partial charge on any atom is -0.444 e. The van der Waals surface area contributed by atoms with Crippen molar-refractivity contribution in [1.82, 2.24) is 4.90 Å². The molecule has 0 N–H and O–H groups in total. The topological polar surface area (TPSA) is 57.2 Å². The van der Waals surface area contributed by atoms with E-state index in [-0.39, 0.29) is 0 Å². The number of hydrogen-bond acceptors (Lipinski definition) is 5. The minimum absolute atomic E-state index is 0.428. The summed E-state index contributed by atoms with van der Waals surface area (Å²) >= 11 is 0. The molecule has 0 spiro atoms. The molecule has 2 aliphatic heterocycles. The maximum atomic E-state index is 14.1. The molecule has 8 heteroatoms. The lowest BCUT2D eigenvalue weighted by Crippen LogP contribution is -2.50. The Hall–Kier alpha value is -1.64. The Bertz CT molecular complexity index is 802. The van der Waals surface area contributed by atoms with E-state index in [4.69, 9.17) is 18.8 Å². The first-order valence-electron chi connectivity index (χ1n) is 10.8. The number of amides is 1. The van der Waals surface area contributed by atoms with Gasteiger partial charge in [0.25, 0.3) is 0 Å². The first-order valence-corrected chi connectivity index (χ1v) is 10.8. The van der Waals surface area contributed by atoms with Crippen LogP contribution in [0.1, 0.15) is 74.0 Å². The zero-order chi connectivity index (χ0) is 23.4. The van der Waals surface area contributed by atoms with Gasteiger partial charge in [0.2, 0.25) is 0 Å². The van der Waals surface area contributed by atoms with Gasteiger partial charge in [-0.3, -0.25) is 4.90 Å². The van der Waals surface area contributed by atoms with E-state index in [1.807, 2.05) is 52.0 Å². The number of alkyl halides is 1. The van der Waals surface area contributed by atoms with Crippen molar-refractivity contribution in [1.29, 1.82) is 0 Å². The standard InChI is InChI=1S/C23H35BFNO5/c1-20(2,3)29-19(27)26-17(14-25)18(28-23(26,8)9)15-10-12-16(13-11-15)24-30-21(4,5)22(6,7)31-24/h10-13,17-18H,14H2,1-9H3/t17-,18-/m1/s1. The van der Waals surface area contributed by atoms with Gasteiger partial charge in [-0.1, -0.05) is 24.3 Å². The predicted octanol–water partition coefficient (Wildman–Crippen LogP) is 4.37. The van der Waals surface area contributed by atoms with Crippen molar-refractivity contribution in [3.8, 4) is 0 Å². The molecule has 1 aromatic rings. The summed E-state index contributed by atoms with van der Waals surface area (Å²) < 4.78 is 38.0. The minimum atomic E-state index is -1.01. The van der Waals surface area contributed by atoms with E-state index in [2.05, 4.69) is 0 Å². The zero-order valence-corrected chi connectivity index (χ0v) is 20.1. The van der Waals surface area contributed by atoms with Gasteiger partial charge in [0.05, 0.1) is 17.2 Å². The van der Waals surface area contributed by atoms with Crippen LogP contribution in [0.5, 0.6) is 0 Å². The van der Waals surface area contributed by atoms with E-state index < -0.39 is 54.6 Å². The third-order valence-corrected chi connectivity index (χ3v) is 6.22. The van der Waals surface area contributed by atoms with E-state index in [0.29, 0.717) is 0 Å². The molecule has 31 heavy (non-hydrogen) atoms. The lowest BCUT2D eigenvalue weighted by molar-refractivity contribution is -0.0797. The van der Waals surface area contributed by atoms with Gasteiger partial charge in [-0.05, 0) is 73.3 Å². The largest absolute Gasteiger partial charge is 0.494 e. The quantitative estimate of drug-likeness (QED) is 0.661. The van der Waals surface area contributed by atoms with Crippen LogP contribution in [0, 0.1) is 0 Å². The average Bonchev–Trinajstić information content (AvgIpc) is 3.01. The molecular formula is C23H35BFNO5. The molecule has 2 atom stereocenters. The molecule has 0 radical (unpaired) electrons. The molecule has 1 amide bonds. The zero-order valence-electron chi connectivity index (χ0n) is 20.1. The number of carbonyl (C=O) groups is 1. The molecule has 3 rings (SSSR count). The summed E-state index contributed by atoms with van der Waals surface area (Å²) in [6.07, 6.45) is -1.20. The molecule has 0 unspecified atom stereocenters. The van der Waals surface area contributed by atoms with E-state index in [1.165, 1.54) is 4.90 Å². The van der Waals surface area contributed by atoms with Crippen LogP contribution in [-0.2, 0) is 18.8 Å². The van der Waals surface area contributed by atoms with Crippen molar-refractivity contribution >= 4 is 18.7 Å². The highest BCUT2D eigenvalue weighted by Gasteiger charge is 2.53. The summed E-state index contributed by atoms with van der Waals surface area (Å²) in [7, 11) is -0.477. The highest BCUT2D eigenvalue weighted by molar-refractivity contribution is 6.62. The van der Waals surface area contributed by atoms with Crippen LogP contribution in [-0.4, -0.2) is 53.4 Å².